The van der Waals surface area contributed by atoms with Gasteiger partial charge in [0.05, 0.1) is 49.8 Å². The summed E-state index contributed by atoms with van der Waals surface area (Å²) < 4.78 is 26.1. The van der Waals surface area contributed by atoms with Crippen molar-refractivity contribution in [1.29, 1.82) is 0 Å². The van der Waals surface area contributed by atoms with E-state index >= 15 is 0 Å². The van der Waals surface area contributed by atoms with Crippen LogP contribution in [-0.4, -0.2) is 66.9 Å². The molecule has 0 N–H and O–H groups in total. The maximum atomic E-state index is 14.3. The standard InChI is InChI=1S/C34H36N4O7S/c1-6-45-33(41)29-20(2)35-34-38(30(29)21-15-25(42-3)31(44-5)26(16-21)43-4)32(40)27(46-34)17-22-18-37(24-12-8-7-11-23(22)24)19-28(39)36-13-9-10-14-36/h7-8,11-12,15-18,30H,6,9-10,13-14,19H2,1-5H3/b27-17+/t30-/m1/s1. The lowest BCUT2D eigenvalue weighted by molar-refractivity contribution is -0.139. The summed E-state index contributed by atoms with van der Waals surface area (Å²) in [5, 5.41) is 0.923. The lowest BCUT2D eigenvalue weighted by atomic mass is 9.95. The number of likely N-dealkylation sites (tertiary alicyclic amines) is 1. The van der Waals surface area contributed by atoms with Gasteiger partial charge in [0.25, 0.3) is 5.56 Å². The topological polar surface area (TPSA) is 114 Å². The number of carbonyl (C=O) groups is 2. The molecule has 0 bridgehead atoms. The lowest BCUT2D eigenvalue weighted by Gasteiger charge is -2.26. The monoisotopic (exact) mass is 644 g/mol. The van der Waals surface area contributed by atoms with Gasteiger partial charge >= 0.3 is 5.97 Å². The Labute approximate surface area is 269 Å². The van der Waals surface area contributed by atoms with Gasteiger partial charge in [-0.25, -0.2) is 9.79 Å². The Hall–Kier alpha value is -4.84. The van der Waals surface area contributed by atoms with Gasteiger partial charge in [0.1, 0.15) is 6.54 Å². The van der Waals surface area contributed by atoms with Gasteiger partial charge in [-0.1, -0.05) is 29.5 Å². The van der Waals surface area contributed by atoms with E-state index in [2.05, 4.69) is 0 Å². The molecule has 4 heterocycles. The van der Waals surface area contributed by atoms with Crippen molar-refractivity contribution in [2.45, 2.75) is 39.3 Å². The van der Waals surface area contributed by atoms with Crippen molar-refractivity contribution >= 4 is 40.2 Å². The fraction of sp³-hybridized carbons (Fsp3) is 0.353. The summed E-state index contributed by atoms with van der Waals surface area (Å²) in [6.07, 6.45) is 5.80. The molecule has 6 rings (SSSR count). The van der Waals surface area contributed by atoms with Gasteiger partial charge in [0.15, 0.2) is 16.3 Å². The molecular weight excluding hydrogens is 608 g/mol. The Bertz CT molecular complexity index is 2020. The maximum absolute atomic E-state index is 14.3. The second-order valence-electron chi connectivity index (χ2n) is 11.1. The SMILES string of the molecule is CCOC(=O)C1=C(C)N=c2s/c(=C/c3cn(CC(=O)N4CCCC4)c4ccccc34)c(=O)n2[C@@H]1c1cc(OC)c(OC)c(OC)c1. The number of methoxy groups -OCH3 is 3. The van der Waals surface area contributed by atoms with Crippen LogP contribution < -0.4 is 29.1 Å². The number of rotatable bonds is 9. The molecule has 0 aliphatic carbocycles. The van der Waals surface area contributed by atoms with Crippen LogP contribution in [0.4, 0.5) is 0 Å². The fourth-order valence-electron chi connectivity index (χ4n) is 6.24. The zero-order valence-corrected chi connectivity index (χ0v) is 27.3. The molecule has 2 aliphatic heterocycles. The molecule has 1 fully saturated rings. The van der Waals surface area contributed by atoms with E-state index in [0.717, 1.165) is 42.4 Å². The van der Waals surface area contributed by atoms with Crippen LogP contribution in [0.3, 0.4) is 0 Å². The molecule has 2 aromatic heterocycles. The number of aromatic nitrogens is 2. The van der Waals surface area contributed by atoms with E-state index in [9.17, 15) is 14.4 Å². The molecular formula is C34H36N4O7S. The number of ether oxygens (including phenoxy) is 4. The Morgan fingerprint density at radius 1 is 1.04 bits per heavy atom. The van der Waals surface area contributed by atoms with E-state index in [1.165, 1.54) is 37.2 Å². The number of esters is 1. The molecule has 0 saturated carbocycles. The summed E-state index contributed by atoms with van der Waals surface area (Å²) in [7, 11) is 4.53. The summed E-state index contributed by atoms with van der Waals surface area (Å²) in [5.41, 5.74) is 2.65. The van der Waals surface area contributed by atoms with Crippen molar-refractivity contribution in [1.82, 2.24) is 14.0 Å². The smallest absolute Gasteiger partial charge is 0.338 e. The van der Waals surface area contributed by atoms with Crippen LogP contribution in [-0.2, 0) is 20.9 Å². The summed E-state index contributed by atoms with van der Waals surface area (Å²) in [6, 6.07) is 10.4. The third-order valence-corrected chi connectivity index (χ3v) is 9.37. The van der Waals surface area contributed by atoms with Crippen molar-refractivity contribution in [3.05, 3.63) is 84.7 Å². The molecule has 1 saturated heterocycles. The number of fused-ring (bicyclic) bond motifs is 2. The van der Waals surface area contributed by atoms with Gasteiger partial charge < -0.3 is 28.4 Å². The molecule has 46 heavy (non-hydrogen) atoms. The quantitative estimate of drug-likeness (QED) is 0.257. The molecule has 0 radical (unpaired) electrons. The number of carbonyl (C=O) groups excluding carboxylic acids is 2. The molecule has 240 valence electrons. The number of amides is 1. The van der Waals surface area contributed by atoms with Crippen LogP contribution in [0.5, 0.6) is 17.2 Å². The first-order valence-corrected chi connectivity index (χ1v) is 16.0. The predicted molar refractivity (Wildman–Crippen MR) is 174 cm³/mol. The lowest BCUT2D eigenvalue weighted by Crippen LogP contribution is -2.40. The predicted octanol–water partition coefficient (Wildman–Crippen LogP) is 3.40. The Morgan fingerprint density at radius 2 is 1.74 bits per heavy atom. The molecule has 1 amide bonds. The van der Waals surface area contributed by atoms with E-state index in [4.69, 9.17) is 23.9 Å². The largest absolute Gasteiger partial charge is 0.493 e. The Morgan fingerprint density at radius 3 is 2.39 bits per heavy atom. The summed E-state index contributed by atoms with van der Waals surface area (Å²) in [4.78, 5) is 47.8. The molecule has 2 aromatic carbocycles. The van der Waals surface area contributed by atoms with Crippen molar-refractivity contribution in [3.8, 4) is 17.2 Å². The van der Waals surface area contributed by atoms with E-state index in [1.807, 2.05) is 46.0 Å². The Kier molecular flexibility index (Phi) is 8.72. The number of thiazole rings is 1. The molecule has 4 aromatic rings. The van der Waals surface area contributed by atoms with Crippen LogP contribution in [0.2, 0.25) is 0 Å². The van der Waals surface area contributed by atoms with Gasteiger partial charge in [0, 0.05) is 35.8 Å². The van der Waals surface area contributed by atoms with Gasteiger partial charge in [-0.3, -0.25) is 14.2 Å². The minimum absolute atomic E-state index is 0.0801. The van der Waals surface area contributed by atoms with Gasteiger partial charge in [-0.2, -0.15) is 0 Å². The van der Waals surface area contributed by atoms with Gasteiger partial charge in [-0.05, 0) is 56.5 Å². The van der Waals surface area contributed by atoms with Crippen LogP contribution in [0.15, 0.2) is 63.7 Å². The first kappa shape index (κ1) is 31.2. The highest BCUT2D eigenvalue weighted by molar-refractivity contribution is 7.07. The van der Waals surface area contributed by atoms with E-state index in [1.54, 1.807) is 26.0 Å². The van der Waals surface area contributed by atoms with E-state index < -0.39 is 12.0 Å². The van der Waals surface area contributed by atoms with Crippen molar-refractivity contribution in [3.63, 3.8) is 0 Å². The van der Waals surface area contributed by atoms with Crippen LogP contribution in [0, 0.1) is 0 Å². The second-order valence-corrected chi connectivity index (χ2v) is 12.1. The first-order chi connectivity index (χ1) is 22.3. The van der Waals surface area contributed by atoms with Crippen molar-refractivity contribution in [2.75, 3.05) is 41.0 Å². The third kappa shape index (κ3) is 5.46. The molecule has 2 aliphatic rings. The van der Waals surface area contributed by atoms with Crippen LogP contribution in [0.25, 0.3) is 17.0 Å². The van der Waals surface area contributed by atoms with Gasteiger partial charge in [-0.15, -0.1) is 0 Å². The van der Waals surface area contributed by atoms with Crippen molar-refractivity contribution in [2.24, 2.45) is 4.99 Å². The van der Waals surface area contributed by atoms with Crippen LogP contribution >= 0.6 is 11.3 Å². The maximum Gasteiger partial charge on any atom is 0.338 e. The number of nitrogens with zero attached hydrogens (tertiary/aromatic N) is 4. The average molecular weight is 645 g/mol. The number of benzene rings is 2. The van der Waals surface area contributed by atoms with E-state index in [-0.39, 0.29) is 30.2 Å². The molecule has 12 heteroatoms. The fourth-order valence-corrected chi connectivity index (χ4v) is 7.28. The van der Waals surface area contributed by atoms with E-state index in [0.29, 0.717) is 37.8 Å². The number of allylic oxidation sites excluding steroid dienone is 1. The molecule has 1 atom stereocenters. The Balaban J connectivity index is 1.52. The summed E-state index contributed by atoms with van der Waals surface area (Å²) in [5.74, 6) is 0.666. The molecule has 11 nitrogen and oxygen atoms in total. The number of para-hydroxylation sites is 1. The van der Waals surface area contributed by atoms with Gasteiger partial charge in [0.2, 0.25) is 11.7 Å². The van der Waals surface area contributed by atoms with Crippen LogP contribution in [0.1, 0.15) is 43.9 Å². The minimum Gasteiger partial charge on any atom is -0.493 e. The normalized spacial score (nSPS) is 16.4. The third-order valence-electron chi connectivity index (χ3n) is 8.39. The number of hydrogen-bond acceptors (Lipinski definition) is 9. The zero-order chi connectivity index (χ0) is 32.5. The first-order valence-electron chi connectivity index (χ1n) is 15.1. The zero-order valence-electron chi connectivity index (χ0n) is 26.5. The summed E-state index contributed by atoms with van der Waals surface area (Å²) >= 11 is 1.24. The minimum atomic E-state index is -0.870. The second kappa shape index (κ2) is 12.9. The molecule has 0 spiro atoms. The highest BCUT2D eigenvalue weighted by Crippen LogP contribution is 2.42. The van der Waals surface area contributed by atoms with Crippen molar-refractivity contribution < 1.29 is 28.5 Å². The summed E-state index contributed by atoms with van der Waals surface area (Å²) in [6.45, 7) is 5.41. The number of hydrogen-bond donors (Lipinski definition) is 0. The highest BCUT2D eigenvalue weighted by Gasteiger charge is 2.35. The highest BCUT2D eigenvalue weighted by atomic mass is 32.1. The average Bonchev–Trinajstić information content (AvgIpc) is 3.79. The molecule has 0 unspecified atom stereocenters.